The van der Waals surface area contributed by atoms with Crippen LogP contribution in [0.15, 0.2) is 18.2 Å². The van der Waals surface area contributed by atoms with Gasteiger partial charge in [0.05, 0.1) is 24.1 Å². The zero-order valence-corrected chi connectivity index (χ0v) is 12.9. The first-order valence-electron chi connectivity index (χ1n) is 7.35. The van der Waals surface area contributed by atoms with Gasteiger partial charge in [-0.3, -0.25) is 4.79 Å². The van der Waals surface area contributed by atoms with Gasteiger partial charge in [-0.05, 0) is 29.7 Å². The molecule has 0 N–H and O–H groups in total. The minimum Gasteiger partial charge on any atom is -0.381 e. The quantitative estimate of drug-likeness (QED) is 0.838. The lowest BCUT2D eigenvalue weighted by Gasteiger charge is -2.47. The van der Waals surface area contributed by atoms with E-state index in [4.69, 9.17) is 9.47 Å². The monoisotopic (exact) mass is 305 g/mol. The van der Waals surface area contributed by atoms with Crippen LogP contribution >= 0.6 is 11.8 Å². The number of rotatable bonds is 2. The van der Waals surface area contributed by atoms with E-state index in [0.29, 0.717) is 19.3 Å². The fourth-order valence-electron chi connectivity index (χ4n) is 3.45. The summed E-state index contributed by atoms with van der Waals surface area (Å²) < 4.78 is 11.1. The van der Waals surface area contributed by atoms with Crippen molar-refractivity contribution in [2.75, 3.05) is 26.0 Å². The minimum atomic E-state index is 0.150. The van der Waals surface area contributed by atoms with Crippen molar-refractivity contribution in [1.29, 1.82) is 0 Å². The normalized spacial score (nSPS) is 26.0. The number of likely N-dealkylation sites (tertiary alicyclic amines) is 1. The Morgan fingerprint density at radius 1 is 1.38 bits per heavy atom. The molecular weight excluding hydrogens is 286 g/mol. The van der Waals surface area contributed by atoms with Gasteiger partial charge in [-0.15, -0.1) is 11.8 Å². The van der Waals surface area contributed by atoms with E-state index in [1.54, 1.807) is 7.11 Å². The number of hydrogen-bond donors (Lipinski definition) is 0. The second kappa shape index (κ2) is 5.00. The van der Waals surface area contributed by atoms with Crippen LogP contribution in [0.5, 0.6) is 0 Å². The van der Waals surface area contributed by atoms with E-state index in [1.165, 1.54) is 5.56 Å². The highest BCUT2D eigenvalue weighted by molar-refractivity contribution is 8.01. The molecule has 0 saturated carbocycles. The van der Waals surface area contributed by atoms with Crippen molar-refractivity contribution < 1.29 is 14.3 Å². The smallest absolute Gasteiger partial charge is 0.253 e. The van der Waals surface area contributed by atoms with Crippen molar-refractivity contribution in [3.63, 3.8) is 0 Å². The molecule has 1 aromatic rings. The highest BCUT2D eigenvalue weighted by Crippen LogP contribution is 2.46. The molecule has 0 aromatic heterocycles. The number of nitrogens with zero attached hydrogens (tertiary/aromatic N) is 1. The van der Waals surface area contributed by atoms with Crippen LogP contribution in [0, 0.1) is 0 Å². The van der Waals surface area contributed by atoms with Crippen LogP contribution in [0.1, 0.15) is 27.9 Å². The van der Waals surface area contributed by atoms with Crippen molar-refractivity contribution in [2.24, 2.45) is 0 Å². The Kier molecular flexibility index (Phi) is 3.24. The minimum absolute atomic E-state index is 0.150. The summed E-state index contributed by atoms with van der Waals surface area (Å²) >= 11 is 1.96. The predicted octanol–water partition coefficient (Wildman–Crippen LogP) is 2.06. The lowest BCUT2D eigenvalue weighted by atomic mass is 9.92. The first-order chi connectivity index (χ1) is 10.2. The topological polar surface area (TPSA) is 38.8 Å². The van der Waals surface area contributed by atoms with Gasteiger partial charge in [0.1, 0.15) is 0 Å². The maximum Gasteiger partial charge on any atom is 0.253 e. The van der Waals surface area contributed by atoms with Crippen molar-refractivity contribution in [2.45, 2.75) is 30.5 Å². The first kappa shape index (κ1) is 13.6. The number of carbonyl (C=O) groups excluding carboxylic acids is 1. The molecule has 2 saturated heterocycles. The van der Waals surface area contributed by atoms with Crippen LogP contribution in [0.2, 0.25) is 0 Å². The summed E-state index contributed by atoms with van der Waals surface area (Å²) in [5.41, 5.74) is 3.16. The molecule has 1 aromatic carbocycles. The Bertz CT molecular complexity index is 583. The van der Waals surface area contributed by atoms with Crippen molar-refractivity contribution >= 4 is 17.7 Å². The summed E-state index contributed by atoms with van der Waals surface area (Å²) in [4.78, 5) is 14.5. The molecule has 3 aliphatic heterocycles. The fraction of sp³-hybridized carbons (Fsp3) is 0.562. The van der Waals surface area contributed by atoms with Gasteiger partial charge in [0.2, 0.25) is 0 Å². The van der Waals surface area contributed by atoms with E-state index in [0.717, 1.165) is 36.4 Å². The van der Waals surface area contributed by atoms with Gasteiger partial charge in [0.15, 0.2) is 0 Å². The molecule has 3 heterocycles. The number of thioether (sulfide) groups is 1. The molecule has 21 heavy (non-hydrogen) atoms. The van der Waals surface area contributed by atoms with Crippen LogP contribution in [-0.2, 0) is 22.7 Å². The number of benzene rings is 1. The summed E-state index contributed by atoms with van der Waals surface area (Å²) in [5, 5.41) is 0. The number of methoxy groups -OCH3 is 1. The van der Waals surface area contributed by atoms with Gasteiger partial charge in [-0.1, -0.05) is 6.07 Å². The summed E-state index contributed by atoms with van der Waals surface area (Å²) in [6, 6.07) is 5.95. The average molecular weight is 305 g/mol. The van der Waals surface area contributed by atoms with Crippen LogP contribution < -0.4 is 0 Å². The largest absolute Gasteiger partial charge is 0.381 e. The Balaban J connectivity index is 1.43. The highest BCUT2D eigenvalue weighted by Gasteiger charge is 2.50. The third-order valence-corrected chi connectivity index (χ3v) is 6.30. The molecule has 0 aliphatic carbocycles. The third kappa shape index (κ3) is 2.28. The van der Waals surface area contributed by atoms with E-state index in [1.807, 2.05) is 34.9 Å². The molecule has 4 rings (SSSR count). The van der Waals surface area contributed by atoms with Crippen LogP contribution in [0.3, 0.4) is 0 Å². The molecule has 1 amide bonds. The van der Waals surface area contributed by atoms with Gasteiger partial charge >= 0.3 is 0 Å². The molecule has 1 spiro atoms. The maximum absolute atomic E-state index is 12.6. The summed E-state index contributed by atoms with van der Waals surface area (Å²) in [5.74, 6) is 1.20. The SMILES string of the molecule is CO[C@H]1CSC2(C1)CN(C(=O)c1ccc3c(c1)COC3)C2. The molecule has 1 atom stereocenters. The molecular formula is C16H19NO3S. The van der Waals surface area contributed by atoms with E-state index in [2.05, 4.69) is 0 Å². The van der Waals surface area contributed by atoms with Gasteiger partial charge in [-0.25, -0.2) is 0 Å². The second-order valence-electron chi connectivity index (χ2n) is 6.19. The van der Waals surface area contributed by atoms with Crippen molar-refractivity contribution in [1.82, 2.24) is 4.90 Å². The molecule has 2 fully saturated rings. The number of ether oxygens (including phenoxy) is 2. The average Bonchev–Trinajstić information content (AvgIpc) is 3.10. The summed E-state index contributed by atoms with van der Waals surface area (Å²) in [6.07, 6.45) is 1.42. The zero-order chi connectivity index (χ0) is 14.4. The lowest BCUT2D eigenvalue weighted by molar-refractivity contribution is 0.0451. The van der Waals surface area contributed by atoms with Crippen LogP contribution in [0.4, 0.5) is 0 Å². The molecule has 0 bridgehead atoms. The summed E-state index contributed by atoms with van der Waals surface area (Å²) in [7, 11) is 1.78. The number of amides is 1. The summed E-state index contributed by atoms with van der Waals surface area (Å²) in [6.45, 7) is 3.01. The molecule has 3 aliphatic rings. The van der Waals surface area contributed by atoms with Crippen LogP contribution in [0.25, 0.3) is 0 Å². The Morgan fingerprint density at radius 3 is 2.95 bits per heavy atom. The Morgan fingerprint density at radius 2 is 2.19 bits per heavy atom. The third-order valence-electron chi connectivity index (χ3n) is 4.72. The fourth-order valence-corrected chi connectivity index (χ4v) is 5.05. The number of fused-ring (bicyclic) bond motifs is 1. The highest BCUT2D eigenvalue weighted by atomic mass is 32.2. The van der Waals surface area contributed by atoms with Gasteiger partial charge < -0.3 is 14.4 Å². The maximum atomic E-state index is 12.6. The standard InChI is InChI=1S/C16H19NO3S/c1-19-14-5-16(21-8-14)9-17(10-16)15(18)11-2-3-12-6-20-7-13(12)4-11/h2-4,14H,5-10H2,1H3/t14-/m1/s1. The molecule has 5 heteroatoms. The molecule has 0 radical (unpaired) electrons. The van der Waals surface area contributed by atoms with E-state index >= 15 is 0 Å². The number of hydrogen-bond acceptors (Lipinski definition) is 4. The van der Waals surface area contributed by atoms with E-state index < -0.39 is 0 Å². The zero-order valence-electron chi connectivity index (χ0n) is 12.1. The van der Waals surface area contributed by atoms with E-state index in [9.17, 15) is 4.79 Å². The van der Waals surface area contributed by atoms with Crippen molar-refractivity contribution in [3.8, 4) is 0 Å². The Hall–Kier alpha value is -1.04. The van der Waals surface area contributed by atoms with E-state index in [-0.39, 0.29) is 10.7 Å². The van der Waals surface area contributed by atoms with Crippen molar-refractivity contribution in [3.05, 3.63) is 34.9 Å². The molecule has 4 nitrogen and oxygen atoms in total. The Labute approximate surface area is 128 Å². The predicted molar refractivity (Wildman–Crippen MR) is 81.4 cm³/mol. The molecule has 0 unspecified atom stereocenters. The molecule has 112 valence electrons. The van der Waals surface area contributed by atoms with Crippen LogP contribution in [-0.4, -0.2) is 47.6 Å². The lowest BCUT2D eigenvalue weighted by Crippen LogP contribution is -2.60. The first-order valence-corrected chi connectivity index (χ1v) is 8.33. The second-order valence-corrected chi connectivity index (χ2v) is 7.68. The van der Waals surface area contributed by atoms with Gasteiger partial charge in [0.25, 0.3) is 5.91 Å². The van der Waals surface area contributed by atoms with Gasteiger partial charge in [-0.2, -0.15) is 0 Å². The van der Waals surface area contributed by atoms with Gasteiger partial charge in [0, 0.05) is 31.5 Å². The number of carbonyl (C=O) groups is 1.